The summed E-state index contributed by atoms with van der Waals surface area (Å²) in [5, 5.41) is 3.01. The fraction of sp³-hybridized carbons (Fsp3) is 0.588. The highest BCUT2D eigenvalue weighted by Crippen LogP contribution is 2.12. The van der Waals surface area contributed by atoms with E-state index < -0.39 is 0 Å². The minimum atomic E-state index is 0.0210. The van der Waals surface area contributed by atoms with Crippen LogP contribution in [0.2, 0.25) is 0 Å². The molecule has 2 amide bonds. The van der Waals surface area contributed by atoms with Gasteiger partial charge in [0.15, 0.2) is 0 Å². The van der Waals surface area contributed by atoms with Crippen molar-refractivity contribution in [3.8, 4) is 5.75 Å². The minimum absolute atomic E-state index is 0.0210. The summed E-state index contributed by atoms with van der Waals surface area (Å²) in [6.07, 6.45) is 2.78. The van der Waals surface area contributed by atoms with Crippen LogP contribution in [0.15, 0.2) is 24.3 Å². The summed E-state index contributed by atoms with van der Waals surface area (Å²) in [6, 6.07) is 8.32. The molecular formula is C17H26N2O3. The highest BCUT2D eigenvalue weighted by atomic mass is 16.5. The lowest BCUT2D eigenvalue weighted by Gasteiger charge is -2.26. The van der Waals surface area contributed by atoms with Crippen LogP contribution in [0.3, 0.4) is 0 Å². The van der Waals surface area contributed by atoms with Gasteiger partial charge >= 0.3 is 6.03 Å². The number of nitrogens with one attached hydrogen (secondary N) is 1. The number of methoxy groups -OCH3 is 1. The average Bonchev–Trinajstić information content (AvgIpc) is 2.76. The zero-order chi connectivity index (χ0) is 15.8. The van der Waals surface area contributed by atoms with Gasteiger partial charge in [-0.05, 0) is 43.9 Å². The molecule has 1 atom stereocenters. The van der Waals surface area contributed by atoms with Crippen molar-refractivity contribution in [1.29, 1.82) is 0 Å². The van der Waals surface area contributed by atoms with Gasteiger partial charge in [0.2, 0.25) is 0 Å². The summed E-state index contributed by atoms with van der Waals surface area (Å²) in [5.41, 5.74) is 1.26. The molecule has 122 valence electrons. The molecule has 1 saturated heterocycles. The van der Waals surface area contributed by atoms with Gasteiger partial charge in [0.1, 0.15) is 5.75 Å². The molecule has 2 rings (SSSR count). The highest BCUT2D eigenvalue weighted by molar-refractivity contribution is 5.74. The van der Waals surface area contributed by atoms with Gasteiger partial charge < -0.3 is 19.7 Å². The Kier molecular flexibility index (Phi) is 6.52. The fourth-order valence-electron chi connectivity index (χ4n) is 2.58. The number of ether oxygens (including phenoxy) is 2. The molecule has 1 aromatic carbocycles. The van der Waals surface area contributed by atoms with Gasteiger partial charge in [-0.3, -0.25) is 0 Å². The lowest BCUT2D eigenvalue weighted by molar-refractivity contribution is 0.142. The molecule has 0 aromatic heterocycles. The van der Waals surface area contributed by atoms with Gasteiger partial charge in [-0.15, -0.1) is 0 Å². The Morgan fingerprint density at radius 3 is 2.86 bits per heavy atom. The third-order valence-corrected chi connectivity index (χ3v) is 4.03. The first kappa shape index (κ1) is 16.6. The van der Waals surface area contributed by atoms with Crippen LogP contribution in [0.25, 0.3) is 0 Å². The maximum Gasteiger partial charge on any atom is 0.317 e. The van der Waals surface area contributed by atoms with Crippen LogP contribution >= 0.6 is 0 Å². The van der Waals surface area contributed by atoms with Gasteiger partial charge in [0, 0.05) is 25.7 Å². The van der Waals surface area contributed by atoms with Crippen molar-refractivity contribution >= 4 is 6.03 Å². The van der Waals surface area contributed by atoms with E-state index in [4.69, 9.17) is 9.47 Å². The number of aryl methyl sites for hydroxylation is 1. The molecule has 1 unspecified atom stereocenters. The molecule has 0 radical (unpaired) electrons. The Hall–Kier alpha value is -1.75. The molecule has 1 aliphatic rings. The molecule has 5 nitrogen and oxygen atoms in total. The maximum absolute atomic E-state index is 12.2. The van der Waals surface area contributed by atoms with Crippen LogP contribution in [0.5, 0.6) is 5.75 Å². The van der Waals surface area contributed by atoms with E-state index in [1.807, 2.05) is 17.0 Å². The number of carbonyl (C=O) groups excluding carboxylic acids is 1. The smallest absolute Gasteiger partial charge is 0.317 e. The van der Waals surface area contributed by atoms with Gasteiger partial charge in [0.05, 0.1) is 13.7 Å². The summed E-state index contributed by atoms with van der Waals surface area (Å²) in [5.74, 6) is 0.870. The summed E-state index contributed by atoms with van der Waals surface area (Å²) in [4.78, 5) is 14.1. The first-order valence-electron chi connectivity index (χ1n) is 7.96. The van der Waals surface area contributed by atoms with E-state index in [1.54, 1.807) is 7.11 Å². The van der Waals surface area contributed by atoms with Crippen molar-refractivity contribution in [2.45, 2.75) is 32.2 Å². The molecular weight excluding hydrogens is 280 g/mol. The second-order valence-corrected chi connectivity index (χ2v) is 5.63. The predicted octanol–water partition coefficient (Wildman–Crippen LogP) is 2.45. The number of urea groups is 1. The van der Waals surface area contributed by atoms with Crippen molar-refractivity contribution in [2.75, 3.05) is 33.4 Å². The largest absolute Gasteiger partial charge is 0.497 e. The van der Waals surface area contributed by atoms with Crippen molar-refractivity contribution in [3.05, 3.63) is 29.8 Å². The molecule has 0 aliphatic carbocycles. The van der Waals surface area contributed by atoms with Crippen molar-refractivity contribution in [3.63, 3.8) is 0 Å². The van der Waals surface area contributed by atoms with Crippen LogP contribution in [-0.4, -0.2) is 50.4 Å². The first-order chi connectivity index (χ1) is 10.7. The van der Waals surface area contributed by atoms with Gasteiger partial charge in [-0.25, -0.2) is 4.79 Å². The van der Waals surface area contributed by atoms with E-state index in [9.17, 15) is 4.79 Å². The Morgan fingerprint density at radius 2 is 2.14 bits per heavy atom. The number of rotatable bonds is 5. The molecule has 0 bridgehead atoms. The summed E-state index contributed by atoms with van der Waals surface area (Å²) >= 11 is 0. The standard InChI is InChI=1S/C17H26N2O3/c1-14-9-12-22-13-11-19(14)17(20)18-10-3-4-15-5-7-16(21-2)8-6-15/h5-8,14H,3-4,9-13H2,1-2H3,(H,18,20). The number of hydrogen-bond donors (Lipinski definition) is 1. The van der Waals surface area contributed by atoms with Crippen LogP contribution < -0.4 is 10.1 Å². The summed E-state index contributed by atoms with van der Waals surface area (Å²) in [6.45, 7) is 4.80. The normalized spacial score (nSPS) is 18.6. The summed E-state index contributed by atoms with van der Waals surface area (Å²) in [7, 11) is 1.67. The topological polar surface area (TPSA) is 50.8 Å². The molecule has 1 aromatic rings. The monoisotopic (exact) mass is 306 g/mol. The van der Waals surface area contributed by atoms with Gasteiger partial charge in [-0.1, -0.05) is 12.1 Å². The molecule has 1 heterocycles. The van der Waals surface area contributed by atoms with Crippen LogP contribution in [0.1, 0.15) is 25.3 Å². The molecule has 1 N–H and O–H groups in total. The van der Waals surface area contributed by atoms with E-state index >= 15 is 0 Å². The van der Waals surface area contributed by atoms with E-state index in [0.29, 0.717) is 19.7 Å². The summed E-state index contributed by atoms with van der Waals surface area (Å²) < 4.78 is 10.6. The predicted molar refractivity (Wildman–Crippen MR) is 86.3 cm³/mol. The molecule has 0 saturated carbocycles. The fourth-order valence-corrected chi connectivity index (χ4v) is 2.58. The van der Waals surface area contributed by atoms with Crippen molar-refractivity contribution in [1.82, 2.24) is 10.2 Å². The second kappa shape index (κ2) is 8.63. The molecule has 1 fully saturated rings. The molecule has 0 spiro atoms. The zero-order valence-corrected chi connectivity index (χ0v) is 13.5. The molecule has 1 aliphatic heterocycles. The number of hydrogen-bond acceptors (Lipinski definition) is 3. The Labute approximate surface area is 132 Å². The SMILES string of the molecule is COc1ccc(CCCNC(=O)N2CCOCCC2C)cc1. The van der Waals surface area contributed by atoms with E-state index in [-0.39, 0.29) is 12.1 Å². The quantitative estimate of drug-likeness (QED) is 0.850. The van der Waals surface area contributed by atoms with Crippen LogP contribution in [0.4, 0.5) is 4.79 Å². The highest BCUT2D eigenvalue weighted by Gasteiger charge is 2.21. The molecule has 5 heteroatoms. The first-order valence-corrected chi connectivity index (χ1v) is 7.96. The van der Waals surface area contributed by atoms with E-state index in [2.05, 4.69) is 24.4 Å². The zero-order valence-electron chi connectivity index (χ0n) is 13.5. The lowest BCUT2D eigenvalue weighted by atomic mass is 10.1. The Balaban J connectivity index is 1.69. The maximum atomic E-state index is 12.2. The third-order valence-electron chi connectivity index (χ3n) is 4.03. The lowest BCUT2D eigenvalue weighted by Crippen LogP contribution is -2.45. The Morgan fingerprint density at radius 1 is 1.36 bits per heavy atom. The number of nitrogens with zero attached hydrogens (tertiary/aromatic N) is 1. The average molecular weight is 306 g/mol. The van der Waals surface area contributed by atoms with Gasteiger partial charge in [0.25, 0.3) is 0 Å². The third kappa shape index (κ3) is 4.91. The number of amides is 2. The minimum Gasteiger partial charge on any atom is -0.497 e. The van der Waals surface area contributed by atoms with E-state index in [1.165, 1.54) is 5.56 Å². The Bertz CT molecular complexity index is 461. The van der Waals surface area contributed by atoms with Crippen molar-refractivity contribution < 1.29 is 14.3 Å². The number of carbonyl (C=O) groups is 1. The number of benzene rings is 1. The second-order valence-electron chi connectivity index (χ2n) is 5.63. The molecule has 22 heavy (non-hydrogen) atoms. The van der Waals surface area contributed by atoms with Gasteiger partial charge in [-0.2, -0.15) is 0 Å². The van der Waals surface area contributed by atoms with Crippen molar-refractivity contribution in [2.24, 2.45) is 0 Å². The van der Waals surface area contributed by atoms with Crippen LogP contribution in [0, 0.1) is 0 Å². The van der Waals surface area contributed by atoms with E-state index in [0.717, 1.165) is 31.6 Å². The van der Waals surface area contributed by atoms with Crippen LogP contribution in [-0.2, 0) is 11.2 Å².